The summed E-state index contributed by atoms with van der Waals surface area (Å²) in [6, 6.07) is 10.9. The van der Waals surface area contributed by atoms with Crippen molar-refractivity contribution in [3.05, 3.63) is 53.2 Å². The number of hydrogen-bond donors (Lipinski definition) is 1. The number of hydrogen-bond acceptors (Lipinski definition) is 4. The van der Waals surface area contributed by atoms with Crippen molar-refractivity contribution >= 4 is 23.2 Å². The molecule has 0 saturated carbocycles. The van der Waals surface area contributed by atoms with Gasteiger partial charge in [0.05, 0.1) is 5.02 Å². The van der Waals surface area contributed by atoms with Gasteiger partial charge in [0, 0.05) is 37.6 Å². The number of carbonyl (C=O) groups excluding carboxylic acids is 1. The van der Waals surface area contributed by atoms with E-state index in [0.717, 1.165) is 12.0 Å². The van der Waals surface area contributed by atoms with Crippen LogP contribution in [0.25, 0.3) is 17.0 Å². The number of methoxy groups -OCH3 is 1. The Hall–Kier alpha value is -2.44. The molecule has 0 bridgehead atoms. The average molecular weight is 345 g/mol. The predicted molar refractivity (Wildman–Crippen MR) is 92.3 cm³/mol. The van der Waals surface area contributed by atoms with Gasteiger partial charge >= 0.3 is 0 Å². The van der Waals surface area contributed by atoms with E-state index >= 15 is 0 Å². The number of fused-ring (bicyclic) bond motifs is 1. The van der Waals surface area contributed by atoms with Crippen molar-refractivity contribution in [2.45, 2.75) is 6.42 Å². The Labute approximate surface area is 144 Å². The highest BCUT2D eigenvalue weighted by Crippen LogP contribution is 2.26. The number of pyridine rings is 1. The van der Waals surface area contributed by atoms with Crippen LogP contribution in [0.15, 0.2) is 42.6 Å². The maximum atomic E-state index is 12.2. The summed E-state index contributed by atoms with van der Waals surface area (Å²) in [6.45, 7) is 1.18. The monoisotopic (exact) mass is 344 g/mol. The minimum Gasteiger partial charge on any atom is -0.385 e. The van der Waals surface area contributed by atoms with Crippen molar-refractivity contribution in [1.29, 1.82) is 0 Å². The number of benzene rings is 1. The van der Waals surface area contributed by atoms with Gasteiger partial charge in [-0.2, -0.15) is 0 Å². The lowest BCUT2D eigenvalue weighted by Gasteiger charge is -2.06. The molecule has 0 saturated heterocycles. The number of nitrogens with one attached hydrogen (secondary N) is 1. The molecule has 3 aromatic rings. The Morgan fingerprint density at radius 1 is 1.29 bits per heavy atom. The molecular formula is C17H17ClN4O2. The Bertz CT molecular complexity index is 863. The first-order valence-electron chi connectivity index (χ1n) is 7.57. The molecule has 1 aromatic carbocycles. The number of nitrogens with zero attached hydrogens (tertiary/aromatic N) is 3. The van der Waals surface area contributed by atoms with Crippen molar-refractivity contribution in [3.8, 4) is 11.4 Å². The molecule has 0 aliphatic carbocycles. The topological polar surface area (TPSA) is 68.5 Å². The summed E-state index contributed by atoms with van der Waals surface area (Å²) in [7, 11) is 1.64. The third-order valence-electron chi connectivity index (χ3n) is 3.60. The first-order valence-corrected chi connectivity index (χ1v) is 7.95. The molecule has 0 fully saturated rings. The summed E-state index contributed by atoms with van der Waals surface area (Å²) in [5, 5.41) is 11.8. The Balaban J connectivity index is 1.83. The van der Waals surface area contributed by atoms with Crippen LogP contribution in [0.4, 0.5) is 0 Å². The summed E-state index contributed by atoms with van der Waals surface area (Å²) < 4.78 is 6.77. The van der Waals surface area contributed by atoms with Crippen LogP contribution in [0.1, 0.15) is 16.8 Å². The van der Waals surface area contributed by atoms with Crippen LogP contribution in [0.2, 0.25) is 5.02 Å². The SMILES string of the molecule is COCCCNC(=O)c1ccn2c(-c3ccccc3Cl)nnc2c1. The molecule has 2 heterocycles. The zero-order valence-electron chi connectivity index (χ0n) is 13.2. The predicted octanol–water partition coefficient (Wildman–Crippen LogP) is 2.82. The summed E-state index contributed by atoms with van der Waals surface area (Å²) >= 11 is 6.23. The molecule has 3 rings (SSSR count). The molecule has 124 valence electrons. The molecule has 0 aliphatic rings. The van der Waals surface area contributed by atoms with E-state index in [1.165, 1.54) is 0 Å². The molecule has 1 N–H and O–H groups in total. The summed E-state index contributed by atoms with van der Waals surface area (Å²) in [5.74, 6) is 0.499. The third kappa shape index (κ3) is 3.39. The second kappa shape index (κ2) is 7.42. The van der Waals surface area contributed by atoms with Crippen molar-refractivity contribution in [2.24, 2.45) is 0 Å². The number of amides is 1. The Morgan fingerprint density at radius 2 is 2.12 bits per heavy atom. The van der Waals surface area contributed by atoms with Gasteiger partial charge in [0.2, 0.25) is 0 Å². The lowest BCUT2D eigenvalue weighted by atomic mass is 10.2. The zero-order chi connectivity index (χ0) is 16.9. The maximum absolute atomic E-state index is 12.2. The minimum absolute atomic E-state index is 0.143. The van der Waals surface area contributed by atoms with Gasteiger partial charge < -0.3 is 10.1 Å². The van der Waals surface area contributed by atoms with Gasteiger partial charge in [-0.25, -0.2) is 0 Å². The van der Waals surface area contributed by atoms with Crippen LogP contribution >= 0.6 is 11.6 Å². The van der Waals surface area contributed by atoms with E-state index in [-0.39, 0.29) is 5.91 Å². The van der Waals surface area contributed by atoms with E-state index in [2.05, 4.69) is 15.5 Å². The molecular weight excluding hydrogens is 328 g/mol. The third-order valence-corrected chi connectivity index (χ3v) is 3.93. The summed E-state index contributed by atoms with van der Waals surface area (Å²) in [4.78, 5) is 12.2. The standard InChI is InChI=1S/C17H17ClN4O2/c1-24-10-4-8-19-17(23)12-7-9-22-15(11-12)20-21-16(22)13-5-2-3-6-14(13)18/h2-3,5-7,9,11H,4,8,10H2,1H3,(H,19,23). The normalized spacial score (nSPS) is 10.9. The smallest absolute Gasteiger partial charge is 0.251 e. The fraction of sp³-hybridized carbons (Fsp3) is 0.235. The van der Waals surface area contributed by atoms with E-state index in [1.54, 1.807) is 31.5 Å². The van der Waals surface area contributed by atoms with E-state index in [9.17, 15) is 4.79 Å². The van der Waals surface area contributed by atoms with Gasteiger partial charge in [-0.15, -0.1) is 10.2 Å². The lowest BCUT2D eigenvalue weighted by molar-refractivity contribution is 0.0948. The average Bonchev–Trinajstić information content (AvgIpc) is 3.02. The second-order valence-corrected chi connectivity index (χ2v) is 5.66. The molecule has 0 unspecified atom stereocenters. The molecule has 2 aromatic heterocycles. The number of ether oxygens (including phenoxy) is 1. The first-order chi connectivity index (χ1) is 11.7. The minimum atomic E-state index is -0.143. The fourth-order valence-electron chi connectivity index (χ4n) is 2.38. The van der Waals surface area contributed by atoms with Gasteiger partial charge in [-0.1, -0.05) is 23.7 Å². The highest BCUT2D eigenvalue weighted by Gasteiger charge is 2.13. The molecule has 0 atom stereocenters. The van der Waals surface area contributed by atoms with Crippen LogP contribution in [0.3, 0.4) is 0 Å². The zero-order valence-corrected chi connectivity index (χ0v) is 14.0. The highest BCUT2D eigenvalue weighted by molar-refractivity contribution is 6.33. The van der Waals surface area contributed by atoms with E-state index in [1.807, 2.05) is 22.6 Å². The van der Waals surface area contributed by atoms with Crippen LogP contribution in [-0.2, 0) is 4.74 Å². The molecule has 0 aliphatic heterocycles. The van der Waals surface area contributed by atoms with Crippen molar-refractivity contribution in [3.63, 3.8) is 0 Å². The molecule has 0 spiro atoms. The maximum Gasteiger partial charge on any atom is 0.251 e. The van der Waals surface area contributed by atoms with Crippen molar-refractivity contribution in [1.82, 2.24) is 19.9 Å². The second-order valence-electron chi connectivity index (χ2n) is 5.25. The van der Waals surface area contributed by atoms with Gasteiger partial charge in [-0.05, 0) is 30.7 Å². The number of halogens is 1. The Kier molecular flexibility index (Phi) is 5.08. The van der Waals surface area contributed by atoms with Crippen LogP contribution in [0, 0.1) is 0 Å². The molecule has 7 heteroatoms. The van der Waals surface area contributed by atoms with Crippen LogP contribution in [0.5, 0.6) is 0 Å². The summed E-state index contributed by atoms with van der Waals surface area (Å²) in [6.07, 6.45) is 2.55. The molecule has 24 heavy (non-hydrogen) atoms. The first kappa shape index (κ1) is 16.4. The van der Waals surface area contributed by atoms with Crippen molar-refractivity contribution < 1.29 is 9.53 Å². The number of carbonyl (C=O) groups is 1. The van der Waals surface area contributed by atoms with E-state index in [0.29, 0.717) is 35.2 Å². The number of aromatic nitrogens is 3. The quantitative estimate of drug-likeness (QED) is 0.698. The Morgan fingerprint density at radius 3 is 2.92 bits per heavy atom. The van der Waals surface area contributed by atoms with Crippen LogP contribution < -0.4 is 5.32 Å². The van der Waals surface area contributed by atoms with Gasteiger partial charge in [-0.3, -0.25) is 9.20 Å². The molecule has 0 radical (unpaired) electrons. The molecule has 1 amide bonds. The van der Waals surface area contributed by atoms with E-state index < -0.39 is 0 Å². The van der Waals surface area contributed by atoms with Gasteiger partial charge in [0.15, 0.2) is 11.5 Å². The van der Waals surface area contributed by atoms with E-state index in [4.69, 9.17) is 16.3 Å². The molecule has 6 nitrogen and oxygen atoms in total. The van der Waals surface area contributed by atoms with Gasteiger partial charge in [0.1, 0.15) is 0 Å². The van der Waals surface area contributed by atoms with Crippen LogP contribution in [-0.4, -0.2) is 40.8 Å². The van der Waals surface area contributed by atoms with Gasteiger partial charge in [0.25, 0.3) is 5.91 Å². The highest BCUT2D eigenvalue weighted by atomic mass is 35.5. The summed E-state index contributed by atoms with van der Waals surface area (Å²) in [5.41, 5.74) is 1.93. The number of rotatable bonds is 6. The fourth-order valence-corrected chi connectivity index (χ4v) is 2.60. The van der Waals surface area contributed by atoms with Crippen molar-refractivity contribution in [2.75, 3.05) is 20.3 Å². The lowest BCUT2D eigenvalue weighted by Crippen LogP contribution is -2.25. The largest absolute Gasteiger partial charge is 0.385 e.